The molecule has 1 rings (SSSR count). The third-order valence-corrected chi connectivity index (χ3v) is 4.83. The molecular formula is C15H27NO3. The Morgan fingerprint density at radius 3 is 2.16 bits per heavy atom. The molecule has 2 N–H and O–H groups in total. The molecule has 19 heavy (non-hydrogen) atoms. The lowest BCUT2D eigenvalue weighted by Crippen LogP contribution is -2.40. The minimum atomic E-state index is -0.902. The Labute approximate surface area is 116 Å². The van der Waals surface area contributed by atoms with Crippen LogP contribution in [0.2, 0.25) is 0 Å². The van der Waals surface area contributed by atoms with Gasteiger partial charge in [0.2, 0.25) is 5.91 Å². The third-order valence-electron chi connectivity index (χ3n) is 4.83. The molecule has 1 amide bonds. The third kappa shape index (κ3) is 3.95. The maximum Gasteiger partial charge on any atom is 0.310 e. The first-order valence-corrected chi connectivity index (χ1v) is 7.37. The van der Waals surface area contributed by atoms with Gasteiger partial charge in [-0.3, -0.25) is 9.59 Å². The maximum absolute atomic E-state index is 12.0. The van der Waals surface area contributed by atoms with Crippen molar-refractivity contribution in [3.05, 3.63) is 0 Å². The van der Waals surface area contributed by atoms with Crippen LogP contribution in [0.4, 0.5) is 0 Å². The summed E-state index contributed by atoms with van der Waals surface area (Å²) in [6, 6.07) is 0. The average Bonchev–Trinajstić information content (AvgIpc) is 2.81. The summed E-state index contributed by atoms with van der Waals surface area (Å²) in [5, 5.41) is 12.3. The van der Waals surface area contributed by atoms with Crippen molar-refractivity contribution in [1.82, 2.24) is 5.32 Å². The van der Waals surface area contributed by atoms with E-state index in [0.717, 1.165) is 12.8 Å². The fraction of sp³-hybridized carbons (Fsp3) is 0.867. The predicted molar refractivity (Wildman–Crippen MR) is 74.9 cm³/mol. The lowest BCUT2D eigenvalue weighted by Gasteiger charge is -2.28. The summed E-state index contributed by atoms with van der Waals surface area (Å²) >= 11 is 0. The maximum atomic E-state index is 12.0. The van der Waals surface area contributed by atoms with Gasteiger partial charge < -0.3 is 10.4 Å². The highest BCUT2D eigenvalue weighted by Crippen LogP contribution is 2.37. The second-order valence-electron chi connectivity index (χ2n) is 6.26. The molecular weight excluding hydrogens is 242 g/mol. The Bertz CT molecular complexity index is 328. The number of carboxylic acids is 1. The van der Waals surface area contributed by atoms with Crippen molar-refractivity contribution in [2.24, 2.45) is 10.8 Å². The van der Waals surface area contributed by atoms with Crippen LogP contribution >= 0.6 is 0 Å². The normalized spacial score (nSPS) is 18.3. The smallest absolute Gasteiger partial charge is 0.310 e. The van der Waals surface area contributed by atoms with Crippen LogP contribution in [0.3, 0.4) is 0 Å². The van der Waals surface area contributed by atoms with Gasteiger partial charge in [0.25, 0.3) is 0 Å². The second kappa shape index (κ2) is 6.40. The first-order chi connectivity index (χ1) is 8.87. The van der Waals surface area contributed by atoms with E-state index in [0.29, 0.717) is 19.4 Å². The second-order valence-corrected chi connectivity index (χ2v) is 6.26. The molecule has 1 aliphatic rings. The zero-order valence-electron chi connectivity index (χ0n) is 12.4. The highest BCUT2D eigenvalue weighted by molar-refractivity contribution is 5.84. The molecule has 0 aromatic carbocycles. The molecule has 0 spiro atoms. The summed E-state index contributed by atoms with van der Waals surface area (Å²) in [4.78, 5) is 23.4. The standard InChI is InChI=1S/C15H27NO3/c1-4-15(5-2,13(18)19)10-12(17)16-11-14(3)8-6-7-9-14/h4-11H2,1-3H3,(H,16,17)(H,18,19). The molecule has 0 aromatic heterocycles. The molecule has 0 unspecified atom stereocenters. The number of hydrogen-bond donors (Lipinski definition) is 2. The Morgan fingerprint density at radius 2 is 1.74 bits per heavy atom. The number of hydrogen-bond acceptors (Lipinski definition) is 2. The largest absolute Gasteiger partial charge is 0.481 e. The molecule has 0 saturated heterocycles. The summed E-state index contributed by atoms with van der Waals surface area (Å²) in [6.45, 7) is 6.55. The van der Waals surface area contributed by atoms with Gasteiger partial charge in [-0.2, -0.15) is 0 Å². The van der Waals surface area contributed by atoms with Crippen molar-refractivity contribution < 1.29 is 14.7 Å². The molecule has 4 heteroatoms. The van der Waals surface area contributed by atoms with Crippen LogP contribution < -0.4 is 5.32 Å². The van der Waals surface area contributed by atoms with Crippen LogP contribution in [0, 0.1) is 10.8 Å². The lowest BCUT2D eigenvalue weighted by atomic mass is 9.79. The van der Waals surface area contributed by atoms with Crippen LogP contribution in [0.1, 0.15) is 65.7 Å². The minimum Gasteiger partial charge on any atom is -0.481 e. The van der Waals surface area contributed by atoms with E-state index in [9.17, 15) is 14.7 Å². The Balaban J connectivity index is 2.51. The first kappa shape index (κ1) is 16.0. The number of carbonyl (C=O) groups excluding carboxylic acids is 1. The molecule has 1 fully saturated rings. The van der Waals surface area contributed by atoms with Crippen LogP contribution in [-0.2, 0) is 9.59 Å². The summed E-state index contributed by atoms with van der Waals surface area (Å²) < 4.78 is 0. The van der Waals surface area contributed by atoms with Crippen molar-refractivity contribution in [2.75, 3.05) is 6.54 Å². The zero-order valence-corrected chi connectivity index (χ0v) is 12.4. The van der Waals surface area contributed by atoms with Crippen molar-refractivity contribution in [3.8, 4) is 0 Å². The molecule has 0 aromatic rings. The molecule has 110 valence electrons. The van der Waals surface area contributed by atoms with E-state index in [1.807, 2.05) is 13.8 Å². The van der Waals surface area contributed by atoms with Gasteiger partial charge in [0.05, 0.1) is 5.41 Å². The molecule has 0 aliphatic heterocycles. The quantitative estimate of drug-likeness (QED) is 0.746. The predicted octanol–water partition coefficient (Wildman–Crippen LogP) is 2.96. The lowest BCUT2D eigenvalue weighted by molar-refractivity contribution is -0.152. The summed E-state index contributed by atoms with van der Waals surface area (Å²) in [6.07, 6.45) is 5.83. The van der Waals surface area contributed by atoms with Crippen LogP contribution in [0.25, 0.3) is 0 Å². The number of nitrogens with one attached hydrogen (secondary N) is 1. The monoisotopic (exact) mass is 269 g/mol. The van der Waals surface area contributed by atoms with Gasteiger partial charge in [0, 0.05) is 13.0 Å². The van der Waals surface area contributed by atoms with Crippen molar-refractivity contribution >= 4 is 11.9 Å². The van der Waals surface area contributed by atoms with Crippen LogP contribution in [0.5, 0.6) is 0 Å². The highest BCUT2D eigenvalue weighted by Gasteiger charge is 2.37. The highest BCUT2D eigenvalue weighted by atomic mass is 16.4. The Hall–Kier alpha value is -1.06. The van der Waals surface area contributed by atoms with Gasteiger partial charge in [-0.05, 0) is 31.1 Å². The molecule has 4 nitrogen and oxygen atoms in total. The first-order valence-electron chi connectivity index (χ1n) is 7.37. The Kier molecular flexibility index (Phi) is 5.39. The van der Waals surface area contributed by atoms with Gasteiger partial charge >= 0.3 is 5.97 Å². The van der Waals surface area contributed by atoms with Crippen molar-refractivity contribution in [2.45, 2.75) is 65.7 Å². The zero-order chi connectivity index (χ0) is 14.5. The van der Waals surface area contributed by atoms with Crippen molar-refractivity contribution in [1.29, 1.82) is 0 Å². The number of carboxylic acid groups (broad SMARTS) is 1. The molecule has 0 atom stereocenters. The van der Waals surface area contributed by atoms with E-state index >= 15 is 0 Å². The number of carbonyl (C=O) groups is 2. The summed E-state index contributed by atoms with van der Waals surface area (Å²) in [5.74, 6) is -0.987. The molecule has 0 bridgehead atoms. The van der Waals surface area contributed by atoms with Gasteiger partial charge in [0.15, 0.2) is 0 Å². The van der Waals surface area contributed by atoms with E-state index in [1.165, 1.54) is 12.8 Å². The fourth-order valence-corrected chi connectivity index (χ4v) is 2.97. The van der Waals surface area contributed by atoms with Gasteiger partial charge in [-0.1, -0.05) is 33.6 Å². The average molecular weight is 269 g/mol. The number of amides is 1. The fourth-order valence-electron chi connectivity index (χ4n) is 2.97. The Morgan fingerprint density at radius 1 is 1.21 bits per heavy atom. The van der Waals surface area contributed by atoms with Crippen LogP contribution in [0.15, 0.2) is 0 Å². The molecule has 0 radical (unpaired) electrons. The van der Waals surface area contributed by atoms with Crippen molar-refractivity contribution in [3.63, 3.8) is 0 Å². The van der Waals surface area contributed by atoms with Gasteiger partial charge in [-0.15, -0.1) is 0 Å². The summed E-state index contributed by atoms with van der Waals surface area (Å²) in [7, 11) is 0. The molecule has 0 heterocycles. The SMILES string of the molecule is CCC(CC)(CC(=O)NCC1(C)CCCC1)C(=O)O. The van der Waals surface area contributed by atoms with Gasteiger partial charge in [-0.25, -0.2) is 0 Å². The van der Waals surface area contributed by atoms with Crippen LogP contribution in [-0.4, -0.2) is 23.5 Å². The van der Waals surface area contributed by atoms with E-state index in [4.69, 9.17) is 0 Å². The van der Waals surface area contributed by atoms with E-state index in [2.05, 4.69) is 12.2 Å². The van der Waals surface area contributed by atoms with Gasteiger partial charge in [0.1, 0.15) is 0 Å². The van der Waals surface area contributed by atoms with E-state index in [-0.39, 0.29) is 17.7 Å². The number of aliphatic carboxylic acids is 1. The minimum absolute atomic E-state index is 0.0887. The van der Waals surface area contributed by atoms with E-state index in [1.54, 1.807) is 0 Å². The number of rotatable bonds is 7. The van der Waals surface area contributed by atoms with E-state index < -0.39 is 11.4 Å². The molecule has 1 aliphatic carbocycles. The molecule has 1 saturated carbocycles. The summed E-state index contributed by atoms with van der Waals surface area (Å²) in [5.41, 5.74) is -0.694. The topological polar surface area (TPSA) is 66.4 Å².